The molecule has 0 aromatic carbocycles. The van der Waals surface area contributed by atoms with Crippen molar-refractivity contribution in [1.29, 1.82) is 0 Å². The highest BCUT2D eigenvalue weighted by Crippen LogP contribution is 1.99. The third kappa shape index (κ3) is 1.81. The Bertz CT molecular complexity index is 220. The highest BCUT2D eigenvalue weighted by atomic mass is 16.0. The molecule has 0 aliphatic rings. The van der Waals surface area contributed by atoms with E-state index in [1.54, 1.807) is 0 Å². The molecule has 1 heterocycles. The number of pyridine rings is 1. The summed E-state index contributed by atoms with van der Waals surface area (Å²) in [6.07, 6.45) is 4.18. The van der Waals surface area contributed by atoms with Crippen LogP contribution in [0.2, 0.25) is 0 Å². The van der Waals surface area contributed by atoms with Crippen molar-refractivity contribution in [2.75, 3.05) is 0 Å². The quantitative estimate of drug-likeness (QED) is 0.493. The second kappa shape index (κ2) is 3.32. The van der Waals surface area contributed by atoms with Crippen LogP contribution in [0.1, 0.15) is 11.1 Å². The molecule has 0 fully saturated rings. The molecule has 0 saturated carbocycles. The van der Waals surface area contributed by atoms with Crippen molar-refractivity contribution in [1.82, 2.24) is 0 Å². The van der Waals surface area contributed by atoms with Crippen molar-refractivity contribution >= 4 is 0 Å². The number of hydrogen-bond donors (Lipinski definition) is 0. The van der Waals surface area contributed by atoms with E-state index in [9.17, 15) is 0 Å². The molecule has 2 nitrogen and oxygen atoms in total. The number of hydrogen-bond acceptors (Lipinski definition) is 1. The Hall–Kier alpha value is -0.890. The van der Waals surface area contributed by atoms with E-state index in [0.717, 1.165) is 0 Å². The highest BCUT2D eigenvalue weighted by molar-refractivity contribution is 5.16. The maximum absolute atomic E-state index is 2.12. The van der Waals surface area contributed by atoms with Gasteiger partial charge in [0.25, 0.3) is 0 Å². The first-order valence-electron chi connectivity index (χ1n) is 3.12. The van der Waals surface area contributed by atoms with Crippen molar-refractivity contribution in [3.8, 4) is 0 Å². The fourth-order valence-corrected chi connectivity index (χ4v) is 0.811. The Balaban J connectivity index is 0.000000810. The van der Waals surface area contributed by atoms with E-state index in [4.69, 9.17) is 0 Å². The van der Waals surface area contributed by atoms with Crippen LogP contribution in [-0.2, 0) is 7.05 Å². The van der Waals surface area contributed by atoms with Crippen LogP contribution in [0, 0.1) is 13.8 Å². The molecule has 1 rings (SSSR count). The number of rotatable bonds is 0. The third-order valence-corrected chi connectivity index (χ3v) is 1.58. The van der Waals surface area contributed by atoms with Crippen LogP contribution in [-0.4, -0.2) is 5.48 Å². The molecular weight excluding hydrogens is 126 g/mol. The second-order valence-corrected chi connectivity index (χ2v) is 2.48. The first-order chi connectivity index (χ1) is 4.20. The molecule has 0 aliphatic carbocycles. The van der Waals surface area contributed by atoms with Gasteiger partial charge in [-0.25, -0.2) is 4.57 Å². The minimum atomic E-state index is 0. The number of aryl methyl sites for hydroxylation is 3. The van der Waals surface area contributed by atoms with Crippen LogP contribution in [0.4, 0.5) is 0 Å². The van der Waals surface area contributed by atoms with Gasteiger partial charge in [0.15, 0.2) is 12.4 Å². The molecule has 0 atom stereocenters. The first-order valence-corrected chi connectivity index (χ1v) is 3.12. The zero-order valence-corrected chi connectivity index (χ0v) is 6.63. The molecule has 0 saturated heterocycles. The predicted molar refractivity (Wildman–Crippen MR) is 39.0 cm³/mol. The predicted octanol–water partition coefficient (Wildman–Crippen LogP) is 0.951. The lowest BCUT2D eigenvalue weighted by Gasteiger charge is -1.93. The standard InChI is InChI=1S/C8H12N.H2O/c1-7-4-5-9(3)6-8(7)2;/h4-6H,1-3H3;1H2/q+1;/p-1. The monoisotopic (exact) mass is 139 g/mol. The molecule has 0 spiro atoms. The van der Waals surface area contributed by atoms with Crippen LogP contribution in [0.25, 0.3) is 0 Å². The summed E-state index contributed by atoms with van der Waals surface area (Å²) < 4.78 is 2.06. The molecule has 1 N–H and O–H groups in total. The van der Waals surface area contributed by atoms with Crippen molar-refractivity contribution in [2.45, 2.75) is 13.8 Å². The highest BCUT2D eigenvalue weighted by Gasteiger charge is 1.94. The van der Waals surface area contributed by atoms with E-state index in [1.165, 1.54) is 11.1 Å². The van der Waals surface area contributed by atoms with Gasteiger partial charge < -0.3 is 5.48 Å². The fourth-order valence-electron chi connectivity index (χ4n) is 0.811. The zero-order chi connectivity index (χ0) is 6.85. The van der Waals surface area contributed by atoms with Gasteiger partial charge in [-0.05, 0) is 19.4 Å². The minimum Gasteiger partial charge on any atom is -0.870 e. The van der Waals surface area contributed by atoms with E-state index in [-0.39, 0.29) is 5.48 Å². The fraction of sp³-hybridized carbons (Fsp3) is 0.375. The molecule has 1 aromatic heterocycles. The summed E-state index contributed by atoms with van der Waals surface area (Å²) in [7, 11) is 2.03. The van der Waals surface area contributed by atoms with Gasteiger partial charge in [-0.15, -0.1) is 0 Å². The molecule has 56 valence electrons. The molecule has 0 radical (unpaired) electrons. The van der Waals surface area contributed by atoms with Crippen molar-refractivity contribution in [2.24, 2.45) is 7.05 Å². The van der Waals surface area contributed by atoms with E-state index >= 15 is 0 Å². The van der Waals surface area contributed by atoms with E-state index in [1.807, 2.05) is 7.05 Å². The lowest BCUT2D eigenvalue weighted by atomic mass is 10.2. The van der Waals surface area contributed by atoms with Gasteiger partial charge in [0.2, 0.25) is 0 Å². The van der Waals surface area contributed by atoms with Crippen LogP contribution in [0.5, 0.6) is 0 Å². The van der Waals surface area contributed by atoms with Gasteiger partial charge in [-0.1, -0.05) is 0 Å². The topological polar surface area (TPSA) is 33.9 Å². The molecule has 0 unspecified atom stereocenters. The van der Waals surface area contributed by atoms with Gasteiger partial charge >= 0.3 is 0 Å². The zero-order valence-electron chi connectivity index (χ0n) is 6.63. The molecule has 10 heavy (non-hydrogen) atoms. The summed E-state index contributed by atoms with van der Waals surface area (Å²) in [5, 5.41) is 0. The van der Waals surface area contributed by atoms with Crippen LogP contribution in [0.15, 0.2) is 18.5 Å². The SMILES string of the molecule is Cc1cc[n+](C)cc1C.[OH-]. The summed E-state index contributed by atoms with van der Waals surface area (Å²) in [6.45, 7) is 4.24. The normalized spacial score (nSPS) is 8.70. The summed E-state index contributed by atoms with van der Waals surface area (Å²) in [5.41, 5.74) is 2.70. The number of aromatic nitrogens is 1. The molecular formula is C8H13NO. The first kappa shape index (κ1) is 9.11. The molecule has 2 heteroatoms. The number of nitrogens with zero attached hydrogens (tertiary/aromatic N) is 1. The van der Waals surface area contributed by atoms with Gasteiger partial charge in [0.05, 0.1) is 0 Å². The van der Waals surface area contributed by atoms with E-state index in [2.05, 4.69) is 36.9 Å². The molecule has 0 aliphatic heterocycles. The summed E-state index contributed by atoms with van der Waals surface area (Å²) in [6, 6.07) is 2.12. The lowest BCUT2D eigenvalue weighted by Crippen LogP contribution is -2.26. The second-order valence-electron chi connectivity index (χ2n) is 2.48. The van der Waals surface area contributed by atoms with Crippen molar-refractivity contribution in [3.63, 3.8) is 0 Å². The van der Waals surface area contributed by atoms with E-state index < -0.39 is 0 Å². The Morgan fingerprint density at radius 2 is 1.80 bits per heavy atom. The molecule has 0 bridgehead atoms. The molecule has 1 aromatic rings. The lowest BCUT2D eigenvalue weighted by molar-refractivity contribution is -0.671. The Morgan fingerprint density at radius 3 is 2.20 bits per heavy atom. The Labute approximate surface area is 61.4 Å². The smallest absolute Gasteiger partial charge is 0.171 e. The van der Waals surface area contributed by atoms with Gasteiger partial charge in [-0.3, -0.25) is 0 Å². The minimum absolute atomic E-state index is 0. The van der Waals surface area contributed by atoms with Crippen molar-refractivity contribution < 1.29 is 10.0 Å². The third-order valence-electron chi connectivity index (χ3n) is 1.58. The Kier molecular flexibility index (Phi) is 3.03. The van der Waals surface area contributed by atoms with Gasteiger partial charge in [0, 0.05) is 11.6 Å². The summed E-state index contributed by atoms with van der Waals surface area (Å²) >= 11 is 0. The Morgan fingerprint density at radius 1 is 1.20 bits per heavy atom. The van der Waals surface area contributed by atoms with Gasteiger partial charge in [0.1, 0.15) is 7.05 Å². The van der Waals surface area contributed by atoms with Crippen molar-refractivity contribution in [3.05, 3.63) is 29.6 Å². The largest absolute Gasteiger partial charge is 0.870 e. The summed E-state index contributed by atoms with van der Waals surface area (Å²) in [4.78, 5) is 0. The maximum Gasteiger partial charge on any atom is 0.171 e. The van der Waals surface area contributed by atoms with Crippen LogP contribution >= 0.6 is 0 Å². The molecule has 0 amide bonds. The maximum atomic E-state index is 2.12. The van der Waals surface area contributed by atoms with Crippen LogP contribution in [0.3, 0.4) is 0 Å². The average Bonchev–Trinajstić information content (AvgIpc) is 1.80. The van der Waals surface area contributed by atoms with E-state index in [0.29, 0.717) is 0 Å². The average molecular weight is 139 g/mol. The van der Waals surface area contributed by atoms with Crippen LogP contribution < -0.4 is 4.57 Å². The summed E-state index contributed by atoms with van der Waals surface area (Å²) in [5.74, 6) is 0. The van der Waals surface area contributed by atoms with Gasteiger partial charge in [-0.2, -0.15) is 0 Å².